The molecule has 0 aromatic heterocycles. The van der Waals surface area contributed by atoms with Crippen molar-refractivity contribution in [1.82, 2.24) is 0 Å². The first kappa shape index (κ1) is 20.1. The van der Waals surface area contributed by atoms with Gasteiger partial charge in [0.1, 0.15) is 0 Å². The quantitative estimate of drug-likeness (QED) is 0.273. The molecular weight excluding hydrogens is 418 g/mol. The fourth-order valence-electron chi connectivity index (χ4n) is 5.02. The number of nitrogens with zero attached hydrogens (tertiary/aromatic N) is 1. The van der Waals surface area contributed by atoms with E-state index in [9.17, 15) is 0 Å². The predicted molar refractivity (Wildman–Crippen MR) is 141 cm³/mol. The number of hydrogen-bond acceptors (Lipinski definition) is 2. The van der Waals surface area contributed by atoms with E-state index in [1.54, 1.807) is 0 Å². The smallest absolute Gasteiger partial charge is 0.0604 e. The normalized spacial score (nSPS) is 13.9. The zero-order chi connectivity index (χ0) is 22.4. The van der Waals surface area contributed by atoms with Crippen LogP contribution in [0.25, 0.3) is 10.8 Å². The van der Waals surface area contributed by atoms with Gasteiger partial charge in [0.25, 0.3) is 0 Å². The van der Waals surface area contributed by atoms with Crippen LogP contribution in [-0.4, -0.2) is 0 Å². The van der Waals surface area contributed by atoms with E-state index in [0.29, 0.717) is 0 Å². The van der Waals surface area contributed by atoms with Crippen LogP contribution in [0.15, 0.2) is 125 Å². The topological polar surface area (TPSA) is 3.24 Å². The van der Waals surface area contributed by atoms with Gasteiger partial charge in [-0.15, -0.1) is 0 Å². The largest absolute Gasteiger partial charge is 0.309 e. The highest BCUT2D eigenvalue weighted by atomic mass is 32.2. The molecule has 1 aliphatic heterocycles. The van der Waals surface area contributed by atoms with Crippen LogP contribution in [-0.2, 0) is 5.41 Å². The molecule has 33 heavy (non-hydrogen) atoms. The van der Waals surface area contributed by atoms with Gasteiger partial charge in [-0.2, -0.15) is 0 Å². The van der Waals surface area contributed by atoms with Gasteiger partial charge in [0.2, 0.25) is 0 Å². The molecule has 2 heteroatoms. The fraction of sp³-hybridized carbons (Fsp3) is 0.0968. The van der Waals surface area contributed by atoms with Crippen LogP contribution in [0.1, 0.15) is 25.0 Å². The van der Waals surface area contributed by atoms with Crippen molar-refractivity contribution >= 4 is 39.6 Å². The number of fused-ring (bicyclic) bond motifs is 3. The van der Waals surface area contributed by atoms with Gasteiger partial charge in [0, 0.05) is 26.3 Å². The number of anilines is 3. The molecule has 0 saturated heterocycles. The first-order valence-corrected chi connectivity index (χ1v) is 12.2. The number of rotatable bonds is 3. The van der Waals surface area contributed by atoms with Crippen molar-refractivity contribution in [2.24, 2.45) is 0 Å². The average molecular weight is 444 g/mol. The van der Waals surface area contributed by atoms with Crippen molar-refractivity contribution in [1.29, 1.82) is 0 Å². The minimum absolute atomic E-state index is 0.0612. The Labute approximate surface area is 199 Å². The van der Waals surface area contributed by atoms with E-state index < -0.39 is 0 Å². The zero-order valence-corrected chi connectivity index (χ0v) is 19.6. The molecule has 0 aliphatic carbocycles. The third kappa shape index (κ3) is 3.25. The van der Waals surface area contributed by atoms with Crippen LogP contribution in [0.3, 0.4) is 0 Å². The van der Waals surface area contributed by atoms with E-state index in [1.807, 2.05) is 11.8 Å². The minimum Gasteiger partial charge on any atom is -0.309 e. The Morgan fingerprint density at radius 3 is 2.09 bits per heavy atom. The summed E-state index contributed by atoms with van der Waals surface area (Å²) in [5.41, 5.74) is 6.31. The van der Waals surface area contributed by atoms with Crippen molar-refractivity contribution in [2.75, 3.05) is 4.90 Å². The van der Waals surface area contributed by atoms with Crippen LogP contribution < -0.4 is 4.90 Å². The second-order valence-electron chi connectivity index (χ2n) is 9.05. The summed E-state index contributed by atoms with van der Waals surface area (Å²) >= 11 is 1.89. The maximum absolute atomic E-state index is 2.43. The fourth-order valence-corrected chi connectivity index (χ4v) is 6.51. The Kier molecular flexibility index (Phi) is 4.78. The van der Waals surface area contributed by atoms with Gasteiger partial charge in [-0.25, -0.2) is 0 Å². The SMILES string of the molecule is CC1(C)c2ccccc2Sc2c(N(c3ccccc3)c3cccc4ccccc34)cccc21. The van der Waals surface area contributed by atoms with Crippen LogP contribution in [0.4, 0.5) is 17.1 Å². The monoisotopic (exact) mass is 443 g/mol. The summed E-state index contributed by atoms with van der Waals surface area (Å²) in [6.45, 7) is 4.69. The minimum atomic E-state index is -0.0612. The highest BCUT2D eigenvalue weighted by molar-refractivity contribution is 7.99. The first-order valence-electron chi connectivity index (χ1n) is 11.4. The molecule has 5 aromatic rings. The van der Waals surface area contributed by atoms with Gasteiger partial charge in [0.05, 0.1) is 11.4 Å². The lowest BCUT2D eigenvalue weighted by Gasteiger charge is -2.37. The Bertz CT molecular complexity index is 1460. The second kappa shape index (κ2) is 7.83. The average Bonchev–Trinajstić information content (AvgIpc) is 2.86. The molecule has 1 aliphatic rings. The second-order valence-corrected chi connectivity index (χ2v) is 10.1. The molecule has 6 rings (SSSR count). The van der Waals surface area contributed by atoms with E-state index in [4.69, 9.17) is 0 Å². The summed E-state index contributed by atoms with van der Waals surface area (Å²) in [6, 6.07) is 41.6. The van der Waals surface area contributed by atoms with Gasteiger partial charge in [-0.3, -0.25) is 0 Å². The Morgan fingerprint density at radius 1 is 0.576 bits per heavy atom. The summed E-state index contributed by atoms with van der Waals surface area (Å²) in [5.74, 6) is 0. The van der Waals surface area contributed by atoms with Crippen LogP contribution >= 0.6 is 11.8 Å². The van der Waals surface area contributed by atoms with Crippen LogP contribution in [0.5, 0.6) is 0 Å². The summed E-state index contributed by atoms with van der Waals surface area (Å²) in [4.78, 5) is 5.10. The first-order chi connectivity index (χ1) is 16.1. The molecule has 0 spiro atoms. The zero-order valence-electron chi connectivity index (χ0n) is 18.8. The molecule has 0 fully saturated rings. The lowest BCUT2D eigenvalue weighted by molar-refractivity contribution is 0.607. The molecule has 1 nitrogen and oxygen atoms in total. The molecule has 0 bridgehead atoms. The highest BCUT2D eigenvalue weighted by Gasteiger charge is 2.35. The maximum atomic E-state index is 2.43. The van der Waals surface area contributed by atoms with Crippen molar-refractivity contribution < 1.29 is 0 Å². The molecule has 0 unspecified atom stereocenters. The Hall–Kier alpha value is -3.49. The molecule has 0 atom stereocenters. The molecule has 160 valence electrons. The van der Waals surface area contributed by atoms with Gasteiger partial charge in [0.15, 0.2) is 0 Å². The molecular formula is C31H25NS. The summed E-state index contributed by atoms with van der Waals surface area (Å²) in [6.07, 6.45) is 0. The highest BCUT2D eigenvalue weighted by Crippen LogP contribution is 2.54. The molecule has 0 amide bonds. The number of benzene rings is 5. The van der Waals surface area contributed by atoms with E-state index in [0.717, 1.165) is 0 Å². The Morgan fingerprint density at radius 2 is 1.21 bits per heavy atom. The van der Waals surface area contributed by atoms with Gasteiger partial charge in [-0.05, 0) is 46.8 Å². The summed E-state index contributed by atoms with van der Waals surface area (Å²) in [7, 11) is 0. The van der Waals surface area contributed by atoms with E-state index >= 15 is 0 Å². The van der Waals surface area contributed by atoms with E-state index in [1.165, 1.54) is 48.8 Å². The number of para-hydroxylation sites is 1. The van der Waals surface area contributed by atoms with Crippen molar-refractivity contribution in [3.63, 3.8) is 0 Å². The molecule has 0 N–H and O–H groups in total. The number of hydrogen-bond donors (Lipinski definition) is 0. The third-order valence-corrected chi connectivity index (χ3v) is 7.91. The standard InChI is InChI=1S/C31H25NS/c1-31(2)25-17-8-9-21-29(25)33-30-26(31)18-11-20-28(30)32(23-14-4-3-5-15-23)27-19-10-13-22-12-6-7-16-24(22)27/h3-21H,1-2H3. The van der Waals surface area contributed by atoms with Crippen LogP contribution in [0, 0.1) is 0 Å². The summed E-state index contributed by atoms with van der Waals surface area (Å²) < 4.78 is 0. The van der Waals surface area contributed by atoms with Gasteiger partial charge >= 0.3 is 0 Å². The van der Waals surface area contributed by atoms with Gasteiger partial charge < -0.3 is 4.90 Å². The maximum Gasteiger partial charge on any atom is 0.0604 e. The van der Waals surface area contributed by atoms with Crippen molar-refractivity contribution in [3.05, 3.63) is 126 Å². The lowest BCUT2D eigenvalue weighted by Crippen LogP contribution is -2.25. The van der Waals surface area contributed by atoms with E-state index in [-0.39, 0.29) is 5.41 Å². The van der Waals surface area contributed by atoms with E-state index in [2.05, 4.69) is 134 Å². The molecule has 0 radical (unpaired) electrons. The van der Waals surface area contributed by atoms with Crippen LogP contribution in [0.2, 0.25) is 0 Å². The Balaban J connectivity index is 1.64. The molecule has 1 heterocycles. The third-order valence-electron chi connectivity index (χ3n) is 6.70. The van der Waals surface area contributed by atoms with Crippen molar-refractivity contribution in [2.45, 2.75) is 29.1 Å². The lowest BCUT2D eigenvalue weighted by atomic mass is 9.77. The molecule has 0 saturated carbocycles. The summed E-state index contributed by atoms with van der Waals surface area (Å²) in [5, 5.41) is 2.50. The van der Waals surface area contributed by atoms with Gasteiger partial charge in [-0.1, -0.05) is 111 Å². The predicted octanol–water partition coefficient (Wildman–Crippen LogP) is 9.10. The van der Waals surface area contributed by atoms with Crippen molar-refractivity contribution in [3.8, 4) is 0 Å². The molecule has 5 aromatic carbocycles.